The van der Waals surface area contributed by atoms with Gasteiger partial charge in [0.1, 0.15) is 18.2 Å². The molecule has 1 aromatic carbocycles. The fourth-order valence-corrected chi connectivity index (χ4v) is 1.69. The molecular weight excluding hydrogens is 244 g/mol. The predicted octanol–water partition coefficient (Wildman–Crippen LogP) is 2.02. The Morgan fingerprint density at radius 1 is 1.37 bits per heavy atom. The molecule has 0 saturated heterocycles. The molecule has 1 N–H and O–H groups in total. The zero-order valence-corrected chi connectivity index (χ0v) is 10.7. The van der Waals surface area contributed by atoms with Gasteiger partial charge in [0.15, 0.2) is 0 Å². The molecule has 1 aromatic heterocycles. The minimum atomic E-state index is -0.782. The monoisotopic (exact) mass is 260 g/mol. The van der Waals surface area contributed by atoms with E-state index in [-0.39, 0.29) is 6.42 Å². The lowest BCUT2D eigenvalue weighted by atomic mass is 10.1. The van der Waals surface area contributed by atoms with Crippen molar-refractivity contribution in [1.29, 1.82) is 0 Å². The molecule has 0 amide bonds. The number of aliphatic carboxylic acids is 1. The van der Waals surface area contributed by atoms with Gasteiger partial charge in [-0.3, -0.25) is 4.79 Å². The van der Waals surface area contributed by atoms with Gasteiger partial charge >= 0.3 is 5.97 Å². The van der Waals surface area contributed by atoms with Crippen molar-refractivity contribution in [2.24, 2.45) is 7.05 Å². The van der Waals surface area contributed by atoms with Crippen molar-refractivity contribution >= 4 is 5.97 Å². The first kappa shape index (κ1) is 13.1. The molecule has 0 atom stereocenters. The molecule has 2 aromatic rings. The van der Waals surface area contributed by atoms with Crippen LogP contribution < -0.4 is 4.74 Å². The molecule has 2 rings (SSSR count). The molecule has 5 heteroatoms. The maximum absolute atomic E-state index is 10.5. The van der Waals surface area contributed by atoms with Crippen LogP contribution in [-0.4, -0.2) is 20.6 Å². The summed E-state index contributed by atoms with van der Waals surface area (Å²) in [5.41, 5.74) is 0.992. The lowest BCUT2D eigenvalue weighted by Crippen LogP contribution is -2.03. The fourth-order valence-electron chi connectivity index (χ4n) is 1.69. The van der Waals surface area contributed by atoms with Crippen LogP contribution in [0.2, 0.25) is 0 Å². The Balaban J connectivity index is 1.88. The molecule has 0 spiro atoms. The van der Waals surface area contributed by atoms with E-state index in [1.807, 2.05) is 42.1 Å². The van der Waals surface area contributed by atoms with Crippen LogP contribution in [0.5, 0.6) is 5.75 Å². The zero-order chi connectivity index (χ0) is 13.7. The molecule has 19 heavy (non-hydrogen) atoms. The van der Waals surface area contributed by atoms with Crippen LogP contribution >= 0.6 is 0 Å². The summed E-state index contributed by atoms with van der Waals surface area (Å²) in [6.45, 7) is 0.415. The van der Waals surface area contributed by atoms with Crippen molar-refractivity contribution in [1.82, 2.24) is 9.55 Å². The van der Waals surface area contributed by atoms with Crippen LogP contribution in [0.1, 0.15) is 17.8 Å². The third-order valence-electron chi connectivity index (χ3n) is 2.84. The van der Waals surface area contributed by atoms with Gasteiger partial charge in [0.05, 0.1) is 0 Å². The second-order valence-corrected chi connectivity index (χ2v) is 4.28. The Hall–Kier alpha value is -2.30. The minimum Gasteiger partial charge on any atom is -0.486 e. The zero-order valence-electron chi connectivity index (χ0n) is 10.7. The molecule has 0 radical (unpaired) electrons. The van der Waals surface area contributed by atoms with E-state index in [1.54, 1.807) is 6.20 Å². The molecule has 0 aliphatic heterocycles. The summed E-state index contributed by atoms with van der Waals surface area (Å²) in [5.74, 6) is 0.826. The number of imidazole rings is 1. The number of carbonyl (C=O) groups is 1. The summed E-state index contributed by atoms with van der Waals surface area (Å²) in [4.78, 5) is 14.6. The van der Waals surface area contributed by atoms with Gasteiger partial charge in [-0.2, -0.15) is 0 Å². The predicted molar refractivity (Wildman–Crippen MR) is 69.9 cm³/mol. The van der Waals surface area contributed by atoms with Crippen molar-refractivity contribution in [3.8, 4) is 5.75 Å². The Bertz CT molecular complexity index is 546. The van der Waals surface area contributed by atoms with Crippen molar-refractivity contribution in [3.05, 3.63) is 48.0 Å². The first-order valence-corrected chi connectivity index (χ1v) is 6.05. The van der Waals surface area contributed by atoms with Crippen LogP contribution in [0.3, 0.4) is 0 Å². The second-order valence-electron chi connectivity index (χ2n) is 4.28. The maximum Gasteiger partial charge on any atom is 0.303 e. The number of aryl methyl sites for hydroxylation is 2. The summed E-state index contributed by atoms with van der Waals surface area (Å²) in [6, 6.07) is 7.47. The van der Waals surface area contributed by atoms with Gasteiger partial charge in [-0.1, -0.05) is 12.1 Å². The average molecular weight is 260 g/mol. The number of carboxylic acids is 1. The summed E-state index contributed by atoms with van der Waals surface area (Å²) in [7, 11) is 1.92. The SMILES string of the molecule is Cn1ccnc1COc1ccc(CCC(=O)O)cc1. The van der Waals surface area contributed by atoms with Gasteiger partial charge in [0.2, 0.25) is 0 Å². The molecule has 100 valence electrons. The van der Waals surface area contributed by atoms with E-state index in [0.29, 0.717) is 13.0 Å². The van der Waals surface area contributed by atoms with Gasteiger partial charge in [-0.05, 0) is 24.1 Å². The number of hydrogen-bond acceptors (Lipinski definition) is 3. The number of rotatable bonds is 6. The van der Waals surface area contributed by atoms with E-state index in [9.17, 15) is 4.79 Å². The lowest BCUT2D eigenvalue weighted by Gasteiger charge is -2.07. The van der Waals surface area contributed by atoms with Gasteiger partial charge in [0.25, 0.3) is 0 Å². The van der Waals surface area contributed by atoms with Crippen LogP contribution in [0.4, 0.5) is 0 Å². The topological polar surface area (TPSA) is 64.4 Å². The van der Waals surface area contributed by atoms with E-state index in [0.717, 1.165) is 17.1 Å². The third-order valence-corrected chi connectivity index (χ3v) is 2.84. The van der Waals surface area contributed by atoms with E-state index in [4.69, 9.17) is 9.84 Å². The highest BCUT2D eigenvalue weighted by atomic mass is 16.5. The average Bonchev–Trinajstić information content (AvgIpc) is 2.81. The first-order valence-electron chi connectivity index (χ1n) is 6.05. The molecule has 0 saturated carbocycles. The number of carboxylic acid groups (broad SMARTS) is 1. The van der Waals surface area contributed by atoms with Gasteiger partial charge in [-0.25, -0.2) is 4.98 Å². The summed E-state index contributed by atoms with van der Waals surface area (Å²) in [6.07, 6.45) is 4.28. The fraction of sp³-hybridized carbons (Fsp3) is 0.286. The van der Waals surface area contributed by atoms with E-state index < -0.39 is 5.97 Å². The molecule has 0 unspecified atom stereocenters. The number of benzene rings is 1. The number of hydrogen-bond donors (Lipinski definition) is 1. The summed E-state index contributed by atoms with van der Waals surface area (Å²) in [5, 5.41) is 8.61. The van der Waals surface area contributed by atoms with Gasteiger partial charge in [-0.15, -0.1) is 0 Å². The molecule has 0 fully saturated rings. The second kappa shape index (κ2) is 6.04. The molecular formula is C14H16N2O3. The molecule has 5 nitrogen and oxygen atoms in total. The van der Waals surface area contributed by atoms with Crippen LogP contribution in [-0.2, 0) is 24.9 Å². The Morgan fingerprint density at radius 2 is 2.11 bits per heavy atom. The van der Waals surface area contributed by atoms with Crippen molar-refractivity contribution in [3.63, 3.8) is 0 Å². The van der Waals surface area contributed by atoms with E-state index in [2.05, 4.69) is 4.98 Å². The molecule has 0 bridgehead atoms. The van der Waals surface area contributed by atoms with Crippen molar-refractivity contribution in [2.75, 3.05) is 0 Å². The van der Waals surface area contributed by atoms with Gasteiger partial charge in [0, 0.05) is 25.9 Å². The minimum absolute atomic E-state index is 0.146. The lowest BCUT2D eigenvalue weighted by molar-refractivity contribution is -0.136. The standard InChI is InChI=1S/C14H16N2O3/c1-16-9-8-15-13(16)10-19-12-5-2-11(3-6-12)4-7-14(17)18/h2-3,5-6,8-9H,4,7,10H2,1H3,(H,17,18). The normalized spacial score (nSPS) is 10.4. The third kappa shape index (κ3) is 3.84. The Labute approximate surface area is 111 Å². The quantitative estimate of drug-likeness (QED) is 0.863. The first-order chi connectivity index (χ1) is 9.15. The van der Waals surface area contributed by atoms with Crippen LogP contribution in [0.15, 0.2) is 36.7 Å². The highest BCUT2D eigenvalue weighted by Crippen LogP contribution is 2.14. The Kier molecular flexibility index (Phi) is 4.18. The van der Waals surface area contributed by atoms with E-state index >= 15 is 0 Å². The largest absolute Gasteiger partial charge is 0.486 e. The summed E-state index contributed by atoms with van der Waals surface area (Å²) < 4.78 is 7.52. The van der Waals surface area contributed by atoms with Crippen LogP contribution in [0, 0.1) is 0 Å². The van der Waals surface area contributed by atoms with Crippen LogP contribution in [0.25, 0.3) is 0 Å². The summed E-state index contributed by atoms with van der Waals surface area (Å²) >= 11 is 0. The number of aromatic nitrogens is 2. The van der Waals surface area contributed by atoms with Gasteiger partial charge < -0.3 is 14.4 Å². The highest BCUT2D eigenvalue weighted by molar-refractivity contribution is 5.67. The number of nitrogens with zero attached hydrogens (tertiary/aromatic N) is 2. The highest BCUT2D eigenvalue weighted by Gasteiger charge is 2.02. The van der Waals surface area contributed by atoms with Crippen molar-refractivity contribution < 1.29 is 14.6 Å². The molecule has 0 aliphatic carbocycles. The molecule has 1 heterocycles. The Morgan fingerprint density at radius 3 is 2.68 bits per heavy atom. The maximum atomic E-state index is 10.5. The van der Waals surface area contributed by atoms with Crippen molar-refractivity contribution in [2.45, 2.75) is 19.4 Å². The smallest absolute Gasteiger partial charge is 0.303 e. The molecule has 0 aliphatic rings. The van der Waals surface area contributed by atoms with E-state index in [1.165, 1.54) is 0 Å². The number of ether oxygens (including phenoxy) is 1.